The summed E-state index contributed by atoms with van der Waals surface area (Å²) in [6.07, 6.45) is 3.34. The van der Waals surface area contributed by atoms with Gasteiger partial charge in [0.2, 0.25) is 0 Å². The summed E-state index contributed by atoms with van der Waals surface area (Å²) in [5.41, 5.74) is 2.10. The highest BCUT2D eigenvalue weighted by Crippen LogP contribution is 2.09. The number of carbonyl (C=O) groups is 1. The molecule has 1 amide bonds. The number of aryl methyl sites for hydroxylation is 1. The minimum Gasteiger partial charge on any atom is -0.382 e. The van der Waals surface area contributed by atoms with Gasteiger partial charge < -0.3 is 9.30 Å². The second-order valence-corrected chi connectivity index (χ2v) is 2.86. The lowest BCUT2D eigenvalue weighted by molar-refractivity contribution is -0.125. The minimum atomic E-state index is -0.465. The Labute approximate surface area is 82.0 Å². The van der Waals surface area contributed by atoms with Crippen LogP contribution in [0.2, 0.25) is 0 Å². The molecule has 78 valence electrons. The number of methoxy groups -OCH3 is 1. The van der Waals surface area contributed by atoms with Crippen LogP contribution in [0, 0.1) is 6.92 Å². The summed E-state index contributed by atoms with van der Waals surface area (Å²) >= 11 is 0. The zero-order valence-corrected chi connectivity index (χ0v) is 8.23. The molecule has 6 heteroatoms. The minimum absolute atomic E-state index is 0.264. The monoisotopic (exact) mass is 198 g/mol. The van der Waals surface area contributed by atoms with Crippen LogP contribution in [0.3, 0.4) is 0 Å². The van der Waals surface area contributed by atoms with E-state index in [2.05, 4.69) is 10.4 Å². The number of rotatable bonds is 4. The predicted molar refractivity (Wildman–Crippen MR) is 50.2 cm³/mol. The van der Waals surface area contributed by atoms with Crippen molar-refractivity contribution in [3.8, 4) is 0 Å². The van der Waals surface area contributed by atoms with E-state index < -0.39 is 6.04 Å². The molecule has 0 aliphatic carbocycles. The molecule has 6 nitrogen and oxygen atoms in total. The standard InChI is InChI=1S/C8H14N4O2/c1-6-10-3-4-12(6)7(5-14-2)8(13)11-9/h3-4,7H,5,9H2,1-2H3,(H,11,13). The van der Waals surface area contributed by atoms with Crippen molar-refractivity contribution in [3.05, 3.63) is 18.2 Å². The van der Waals surface area contributed by atoms with Crippen molar-refractivity contribution in [2.24, 2.45) is 5.84 Å². The Bertz CT molecular complexity index is 310. The molecule has 0 saturated heterocycles. The predicted octanol–water partition coefficient (Wildman–Crippen LogP) is -0.631. The maximum absolute atomic E-state index is 11.4. The zero-order chi connectivity index (χ0) is 10.6. The van der Waals surface area contributed by atoms with Crippen LogP contribution in [0.15, 0.2) is 12.4 Å². The Kier molecular flexibility index (Phi) is 3.61. The summed E-state index contributed by atoms with van der Waals surface area (Å²) in [6, 6.07) is -0.465. The van der Waals surface area contributed by atoms with Crippen LogP contribution in [0.1, 0.15) is 11.9 Å². The Balaban J connectivity index is 2.88. The topological polar surface area (TPSA) is 82.2 Å². The SMILES string of the molecule is COCC(C(=O)NN)n1ccnc1C. The van der Waals surface area contributed by atoms with E-state index in [1.807, 2.05) is 6.92 Å². The molecule has 1 heterocycles. The summed E-state index contributed by atoms with van der Waals surface area (Å²) in [6.45, 7) is 2.08. The smallest absolute Gasteiger partial charge is 0.259 e. The van der Waals surface area contributed by atoms with Gasteiger partial charge in [-0.3, -0.25) is 10.2 Å². The van der Waals surface area contributed by atoms with Crippen molar-refractivity contribution in [3.63, 3.8) is 0 Å². The van der Waals surface area contributed by atoms with Gasteiger partial charge in [0, 0.05) is 19.5 Å². The lowest BCUT2D eigenvalue weighted by atomic mass is 10.3. The van der Waals surface area contributed by atoms with Crippen LogP contribution in [0.4, 0.5) is 0 Å². The number of amides is 1. The number of carbonyl (C=O) groups excluding carboxylic acids is 1. The van der Waals surface area contributed by atoms with E-state index in [4.69, 9.17) is 10.6 Å². The van der Waals surface area contributed by atoms with Crippen molar-refractivity contribution in [1.82, 2.24) is 15.0 Å². The Hall–Kier alpha value is -1.40. The number of imidazole rings is 1. The average Bonchev–Trinajstić information content (AvgIpc) is 2.60. The second-order valence-electron chi connectivity index (χ2n) is 2.86. The third-order valence-electron chi connectivity index (χ3n) is 1.97. The molecule has 0 fully saturated rings. The van der Waals surface area contributed by atoms with Gasteiger partial charge in [0.25, 0.3) is 5.91 Å². The molecule has 14 heavy (non-hydrogen) atoms. The van der Waals surface area contributed by atoms with Gasteiger partial charge in [-0.2, -0.15) is 0 Å². The Morgan fingerprint density at radius 3 is 3.00 bits per heavy atom. The summed E-state index contributed by atoms with van der Waals surface area (Å²) in [7, 11) is 1.53. The van der Waals surface area contributed by atoms with Crippen molar-refractivity contribution < 1.29 is 9.53 Å². The molecule has 0 aliphatic heterocycles. The van der Waals surface area contributed by atoms with Crippen LogP contribution >= 0.6 is 0 Å². The number of aromatic nitrogens is 2. The van der Waals surface area contributed by atoms with E-state index in [9.17, 15) is 4.79 Å². The lowest BCUT2D eigenvalue weighted by Gasteiger charge is -2.16. The molecule has 1 atom stereocenters. The van der Waals surface area contributed by atoms with Crippen molar-refractivity contribution >= 4 is 5.91 Å². The van der Waals surface area contributed by atoms with Gasteiger partial charge in [-0.25, -0.2) is 10.8 Å². The first kappa shape index (κ1) is 10.7. The lowest BCUT2D eigenvalue weighted by Crippen LogP contribution is -2.39. The molecule has 0 saturated carbocycles. The van der Waals surface area contributed by atoms with Gasteiger partial charge in [0.05, 0.1) is 6.61 Å². The quantitative estimate of drug-likeness (QED) is 0.383. The average molecular weight is 198 g/mol. The molecule has 3 N–H and O–H groups in total. The van der Waals surface area contributed by atoms with E-state index >= 15 is 0 Å². The molecular formula is C8H14N4O2. The van der Waals surface area contributed by atoms with Gasteiger partial charge in [-0.1, -0.05) is 0 Å². The maximum atomic E-state index is 11.4. The van der Waals surface area contributed by atoms with E-state index in [1.54, 1.807) is 17.0 Å². The first-order chi connectivity index (χ1) is 6.70. The molecule has 1 rings (SSSR count). The molecule has 1 unspecified atom stereocenters. The van der Waals surface area contributed by atoms with E-state index in [-0.39, 0.29) is 12.5 Å². The summed E-state index contributed by atoms with van der Waals surface area (Å²) in [4.78, 5) is 15.4. The Morgan fingerprint density at radius 1 is 1.86 bits per heavy atom. The third kappa shape index (κ3) is 2.09. The fraction of sp³-hybridized carbons (Fsp3) is 0.500. The number of ether oxygens (including phenoxy) is 1. The molecule has 1 aromatic rings. The van der Waals surface area contributed by atoms with E-state index in [0.717, 1.165) is 5.82 Å². The normalized spacial score (nSPS) is 12.5. The number of nitrogens with two attached hydrogens (primary N) is 1. The van der Waals surface area contributed by atoms with Gasteiger partial charge in [-0.15, -0.1) is 0 Å². The fourth-order valence-electron chi connectivity index (χ4n) is 1.25. The highest BCUT2D eigenvalue weighted by atomic mass is 16.5. The number of hydrogen-bond donors (Lipinski definition) is 2. The van der Waals surface area contributed by atoms with Gasteiger partial charge >= 0.3 is 0 Å². The molecular weight excluding hydrogens is 184 g/mol. The van der Waals surface area contributed by atoms with Crippen molar-refractivity contribution in [1.29, 1.82) is 0 Å². The van der Waals surface area contributed by atoms with Crippen molar-refractivity contribution in [2.45, 2.75) is 13.0 Å². The highest BCUT2D eigenvalue weighted by molar-refractivity contribution is 5.79. The van der Waals surface area contributed by atoms with Crippen LogP contribution in [-0.2, 0) is 9.53 Å². The summed E-state index contributed by atoms with van der Waals surface area (Å²) in [5.74, 6) is 5.52. The molecule has 0 bridgehead atoms. The zero-order valence-electron chi connectivity index (χ0n) is 8.23. The number of hydrazine groups is 1. The number of hydrogen-bond acceptors (Lipinski definition) is 4. The maximum Gasteiger partial charge on any atom is 0.259 e. The van der Waals surface area contributed by atoms with Gasteiger partial charge in [-0.05, 0) is 6.92 Å². The van der Waals surface area contributed by atoms with Crippen molar-refractivity contribution in [2.75, 3.05) is 13.7 Å². The van der Waals surface area contributed by atoms with Crippen LogP contribution < -0.4 is 11.3 Å². The van der Waals surface area contributed by atoms with Gasteiger partial charge in [0.1, 0.15) is 11.9 Å². The van der Waals surface area contributed by atoms with E-state index in [0.29, 0.717) is 0 Å². The van der Waals surface area contributed by atoms with E-state index in [1.165, 1.54) is 7.11 Å². The summed E-state index contributed by atoms with van der Waals surface area (Å²) < 4.78 is 6.65. The van der Waals surface area contributed by atoms with Crippen LogP contribution in [0.25, 0.3) is 0 Å². The Morgan fingerprint density at radius 2 is 2.57 bits per heavy atom. The van der Waals surface area contributed by atoms with Crippen LogP contribution in [0.5, 0.6) is 0 Å². The second kappa shape index (κ2) is 4.73. The third-order valence-corrected chi connectivity index (χ3v) is 1.97. The number of nitrogens with one attached hydrogen (secondary N) is 1. The molecule has 0 radical (unpaired) electrons. The molecule has 0 aliphatic rings. The highest BCUT2D eigenvalue weighted by Gasteiger charge is 2.20. The summed E-state index contributed by atoms with van der Waals surface area (Å²) in [5, 5.41) is 0. The molecule has 0 spiro atoms. The molecule has 0 aromatic carbocycles. The largest absolute Gasteiger partial charge is 0.382 e. The first-order valence-corrected chi connectivity index (χ1v) is 4.19. The number of nitrogens with zero attached hydrogens (tertiary/aromatic N) is 2. The first-order valence-electron chi connectivity index (χ1n) is 4.19. The fourth-order valence-corrected chi connectivity index (χ4v) is 1.25. The van der Waals surface area contributed by atoms with Crippen LogP contribution in [-0.4, -0.2) is 29.2 Å². The molecule has 1 aromatic heterocycles. The van der Waals surface area contributed by atoms with Gasteiger partial charge in [0.15, 0.2) is 0 Å².